The summed E-state index contributed by atoms with van der Waals surface area (Å²) in [4.78, 5) is 22.8. The summed E-state index contributed by atoms with van der Waals surface area (Å²) in [5.41, 5.74) is 0. The summed E-state index contributed by atoms with van der Waals surface area (Å²) >= 11 is 0. The number of carbonyl (C=O) groups is 2. The highest BCUT2D eigenvalue weighted by atomic mass is 16.5. The van der Waals surface area contributed by atoms with Crippen molar-refractivity contribution < 1.29 is 19.1 Å². The fraction of sp³-hybridized carbons (Fsp3) is 0.833. The molecule has 100 valence electrons. The summed E-state index contributed by atoms with van der Waals surface area (Å²) in [6.45, 7) is 7.46. The Balaban J connectivity index is 4.03. The van der Waals surface area contributed by atoms with Crippen LogP contribution in [0.2, 0.25) is 0 Å². The van der Waals surface area contributed by atoms with Crippen LogP contribution in [0.25, 0.3) is 0 Å². The summed E-state index contributed by atoms with van der Waals surface area (Å²) in [5.74, 6) is -0.243. The maximum Gasteiger partial charge on any atom is 0.246 e. The average molecular weight is 245 g/mol. The number of hydrogen-bond donors (Lipinski definition) is 1. The van der Waals surface area contributed by atoms with Crippen molar-refractivity contribution in [2.45, 2.75) is 39.8 Å². The highest BCUT2D eigenvalue weighted by Crippen LogP contribution is 2.02. The van der Waals surface area contributed by atoms with E-state index < -0.39 is 6.04 Å². The SMILES string of the molecule is COCC(C)OCC(=O)NC(C(C)=O)C(C)C. The van der Waals surface area contributed by atoms with Gasteiger partial charge in [0.05, 0.1) is 18.8 Å². The maximum absolute atomic E-state index is 11.5. The highest BCUT2D eigenvalue weighted by molar-refractivity contribution is 5.88. The Labute approximate surface area is 103 Å². The van der Waals surface area contributed by atoms with E-state index in [1.54, 1.807) is 7.11 Å². The molecule has 0 spiro atoms. The molecule has 0 aliphatic rings. The van der Waals surface area contributed by atoms with Crippen LogP contribution in [0.3, 0.4) is 0 Å². The van der Waals surface area contributed by atoms with Crippen LogP contribution in [0.4, 0.5) is 0 Å². The molecule has 2 atom stereocenters. The van der Waals surface area contributed by atoms with Gasteiger partial charge in [-0.15, -0.1) is 0 Å². The zero-order valence-electron chi connectivity index (χ0n) is 11.3. The van der Waals surface area contributed by atoms with Gasteiger partial charge in [0.2, 0.25) is 5.91 Å². The van der Waals surface area contributed by atoms with E-state index in [9.17, 15) is 9.59 Å². The Morgan fingerprint density at radius 3 is 2.24 bits per heavy atom. The molecule has 0 rings (SSSR count). The van der Waals surface area contributed by atoms with Gasteiger partial charge in [-0.25, -0.2) is 0 Å². The van der Waals surface area contributed by atoms with Gasteiger partial charge in [0.25, 0.3) is 0 Å². The molecular weight excluding hydrogens is 222 g/mol. The van der Waals surface area contributed by atoms with Gasteiger partial charge >= 0.3 is 0 Å². The summed E-state index contributed by atoms with van der Waals surface area (Å²) in [6, 6.07) is -0.441. The average Bonchev–Trinajstić information content (AvgIpc) is 2.22. The third-order valence-corrected chi connectivity index (χ3v) is 2.32. The van der Waals surface area contributed by atoms with Gasteiger partial charge in [0.1, 0.15) is 6.61 Å². The quantitative estimate of drug-likeness (QED) is 0.686. The number of Topliss-reactive ketones (excluding diaryl/α,β-unsaturated/α-hetero) is 1. The fourth-order valence-electron chi connectivity index (χ4n) is 1.45. The molecule has 0 aromatic carbocycles. The van der Waals surface area contributed by atoms with E-state index in [2.05, 4.69) is 5.32 Å². The third-order valence-electron chi connectivity index (χ3n) is 2.32. The van der Waals surface area contributed by atoms with Gasteiger partial charge in [-0.1, -0.05) is 13.8 Å². The second kappa shape index (κ2) is 8.20. The standard InChI is InChI=1S/C12H23NO4/c1-8(2)12(10(4)14)13-11(15)7-17-9(3)6-16-5/h8-9,12H,6-7H2,1-5H3,(H,13,15). The smallest absolute Gasteiger partial charge is 0.246 e. The third kappa shape index (κ3) is 7.07. The van der Waals surface area contributed by atoms with Crippen molar-refractivity contribution in [2.75, 3.05) is 20.3 Å². The van der Waals surface area contributed by atoms with Crippen LogP contribution in [-0.4, -0.2) is 44.2 Å². The number of carbonyl (C=O) groups excluding carboxylic acids is 2. The molecule has 0 fully saturated rings. The van der Waals surface area contributed by atoms with Crippen LogP contribution in [0, 0.1) is 5.92 Å². The molecule has 0 saturated carbocycles. The fourth-order valence-corrected chi connectivity index (χ4v) is 1.45. The number of rotatable bonds is 8. The zero-order chi connectivity index (χ0) is 13.4. The molecule has 17 heavy (non-hydrogen) atoms. The summed E-state index contributed by atoms with van der Waals surface area (Å²) in [5, 5.41) is 2.66. The van der Waals surface area contributed by atoms with Crippen LogP contribution in [0.5, 0.6) is 0 Å². The predicted molar refractivity (Wildman–Crippen MR) is 64.7 cm³/mol. The molecule has 0 radical (unpaired) electrons. The lowest BCUT2D eigenvalue weighted by molar-refractivity contribution is -0.132. The molecule has 0 heterocycles. The normalized spacial score (nSPS) is 14.5. The minimum Gasteiger partial charge on any atom is -0.382 e. The zero-order valence-corrected chi connectivity index (χ0v) is 11.3. The van der Waals surface area contributed by atoms with Crippen molar-refractivity contribution in [3.8, 4) is 0 Å². The largest absolute Gasteiger partial charge is 0.382 e. The van der Waals surface area contributed by atoms with Crippen molar-refractivity contribution in [1.29, 1.82) is 0 Å². The van der Waals surface area contributed by atoms with Crippen molar-refractivity contribution in [2.24, 2.45) is 5.92 Å². The molecule has 0 aromatic rings. The number of amides is 1. The van der Waals surface area contributed by atoms with Crippen LogP contribution in [0.15, 0.2) is 0 Å². The molecule has 0 bridgehead atoms. The number of hydrogen-bond acceptors (Lipinski definition) is 4. The van der Waals surface area contributed by atoms with Gasteiger partial charge in [0, 0.05) is 7.11 Å². The molecule has 5 nitrogen and oxygen atoms in total. The lowest BCUT2D eigenvalue weighted by Crippen LogP contribution is -2.45. The van der Waals surface area contributed by atoms with Gasteiger partial charge in [-0.05, 0) is 19.8 Å². The Bertz CT molecular complexity index is 253. The van der Waals surface area contributed by atoms with E-state index in [-0.39, 0.29) is 30.3 Å². The topological polar surface area (TPSA) is 64.6 Å². The van der Waals surface area contributed by atoms with Crippen LogP contribution in [-0.2, 0) is 19.1 Å². The molecule has 0 aliphatic carbocycles. The summed E-state index contributed by atoms with van der Waals surface area (Å²) in [6.07, 6.45) is -0.138. The second-order valence-electron chi connectivity index (χ2n) is 4.48. The highest BCUT2D eigenvalue weighted by Gasteiger charge is 2.20. The van der Waals surface area contributed by atoms with Crippen LogP contribution < -0.4 is 5.32 Å². The molecule has 5 heteroatoms. The Hall–Kier alpha value is -0.940. The van der Waals surface area contributed by atoms with Crippen LogP contribution >= 0.6 is 0 Å². The monoisotopic (exact) mass is 245 g/mol. The first-order chi connectivity index (χ1) is 7.88. The lowest BCUT2D eigenvalue weighted by Gasteiger charge is -2.20. The number of ketones is 1. The first-order valence-corrected chi connectivity index (χ1v) is 5.78. The van der Waals surface area contributed by atoms with Gasteiger partial charge < -0.3 is 14.8 Å². The van der Waals surface area contributed by atoms with Crippen molar-refractivity contribution in [3.63, 3.8) is 0 Å². The molecule has 0 aliphatic heterocycles. The summed E-state index contributed by atoms with van der Waals surface area (Å²) < 4.78 is 10.1. The van der Waals surface area contributed by atoms with E-state index in [4.69, 9.17) is 9.47 Å². The Kier molecular flexibility index (Phi) is 7.74. The molecule has 0 aromatic heterocycles. The number of methoxy groups -OCH3 is 1. The first-order valence-electron chi connectivity index (χ1n) is 5.78. The molecule has 0 saturated heterocycles. The van der Waals surface area contributed by atoms with Crippen molar-refractivity contribution >= 4 is 11.7 Å². The van der Waals surface area contributed by atoms with E-state index in [1.165, 1.54) is 6.92 Å². The van der Waals surface area contributed by atoms with Crippen molar-refractivity contribution in [3.05, 3.63) is 0 Å². The molecular formula is C12H23NO4. The van der Waals surface area contributed by atoms with Gasteiger partial charge in [-0.2, -0.15) is 0 Å². The number of ether oxygens (including phenoxy) is 2. The predicted octanol–water partition coefficient (Wildman–Crippen LogP) is 0.768. The second-order valence-corrected chi connectivity index (χ2v) is 4.48. The van der Waals surface area contributed by atoms with Gasteiger partial charge in [0.15, 0.2) is 5.78 Å². The van der Waals surface area contributed by atoms with E-state index in [1.807, 2.05) is 20.8 Å². The Morgan fingerprint density at radius 2 is 1.82 bits per heavy atom. The molecule has 2 unspecified atom stereocenters. The van der Waals surface area contributed by atoms with Crippen LogP contribution in [0.1, 0.15) is 27.7 Å². The first kappa shape index (κ1) is 16.1. The van der Waals surface area contributed by atoms with Gasteiger partial charge in [-0.3, -0.25) is 9.59 Å². The summed E-state index contributed by atoms with van der Waals surface area (Å²) in [7, 11) is 1.57. The van der Waals surface area contributed by atoms with E-state index in [0.29, 0.717) is 6.61 Å². The molecule has 1 N–H and O–H groups in total. The minimum absolute atomic E-state index is 0.0433. The Morgan fingerprint density at radius 1 is 1.24 bits per heavy atom. The minimum atomic E-state index is -0.441. The lowest BCUT2D eigenvalue weighted by atomic mass is 10.0. The van der Waals surface area contributed by atoms with E-state index >= 15 is 0 Å². The maximum atomic E-state index is 11.5. The van der Waals surface area contributed by atoms with Crippen molar-refractivity contribution in [1.82, 2.24) is 5.32 Å². The molecule has 1 amide bonds. The van der Waals surface area contributed by atoms with E-state index in [0.717, 1.165) is 0 Å². The number of nitrogens with one attached hydrogen (secondary N) is 1.